The van der Waals surface area contributed by atoms with Crippen LogP contribution >= 0.6 is 0 Å². The molecule has 7 nitrogen and oxygen atoms in total. The highest BCUT2D eigenvalue weighted by atomic mass is 16.5. The Morgan fingerprint density at radius 1 is 1.03 bits per heavy atom. The van der Waals surface area contributed by atoms with Crippen LogP contribution in [0.1, 0.15) is 56.1 Å². The van der Waals surface area contributed by atoms with Crippen LogP contribution in [0.5, 0.6) is 0 Å². The van der Waals surface area contributed by atoms with Crippen LogP contribution in [0.2, 0.25) is 0 Å². The first-order valence-corrected chi connectivity index (χ1v) is 12.1. The maximum absolute atomic E-state index is 12.7. The fraction of sp³-hybridized carbons (Fsp3) is 0.444. The topological polar surface area (TPSA) is 105 Å². The molecule has 2 amide bonds. The number of aliphatic carboxylic acids is 1. The lowest BCUT2D eigenvalue weighted by molar-refractivity contribution is -0.142. The minimum Gasteiger partial charge on any atom is -0.481 e. The van der Waals surface area contributed by atoms with Gasteiger partial charge in [0.15, 0.2) is 0 Å². The minimum absolute atomic E-state index is 0.0599. The van der Waals surface area contributed by atoms with Crippen molar-refractivity contribution in [3.05, 3.63) is 59.7 Å². The first-order chi connectivity index (χ1) is 16.5. The lowest BCUT2D eigenvalue weighted by Crippen LogP contribution is -2.48. The van der Waals surface area contributed by atoms with Gasteiger partial charge in [-0.3, -0.25) is 9.59 Å². The number of carboxylic acid groups (broad SMARTS) is 1. The molecule has 3 N–H and O–H groups in total. The van der Waals surface area contributed by atoms with Crippen molar-refractivity contribution in [2.24, 2.45) is 11.8 Å². The molecular weight excluding hydrogens is 432 g/mol. The number of hydrogen-bond acceptors (Lipinski definition) is 4. The summed E-state index contributed by atoms with van der Waals surface area (Å²) in [6.07, 6.45) is 3.17. The lowest BCUT2D eigenvalue weighted by Gasteiger charge is -2.20. The smallest absolute Gasteiger partial charge is 0.407 e. The Kier molecular flexibility index (Phi) is 7.50. The van der Waals surface area contributed by atoms with E-state index in [4.69, 9.17) is 4.74 Å². The molecule has 0 bridgehead atoms. The molecule has 7 heteroatoms. The van der Waals surface area contributed by atoms with Crippen LogP contribution in [-0.2, 0) is 14.3 Å². The van der Waals surface area contributed by atoms with Crippen LogP contribution in [0.4, 0.5) is 4.79 Å². The maximum Gasteiger partial charge on any atom is 0.407 e. The van der Waals surface area contributed by atoms with Crippen LogP contribution in [0.3, 0.4) is 0 Å². The van der Waals surface area contributed by atoms with E-state index < -0.39 is 24.0 Å². The number of nitrogens with one attached hydrogen (secondary N) is 2. The van der Waals surface area contributed by atoms with Crippen molar-refractivity contribution in [3.8, 4) is 11.1 Å². The number of ether oxygens (including phenoxy) is 1. The number of carbonyl (C=O) groups is 3. The predicted molar refractivity (Wildman–Crippen MR) is 128 cm³/mol. The molecule has 0 saturated heterocycles. The van der Waals surface area contributed by atoms with E-state index in [-0.39, 0.29) is 25.0 Å². The van der Waals surface area contributed by atoms with E-state index in [9.17, 15) is 19.5 Å². The molecular formula is C27H32N2O5. The Bertz CT molecular complexity index is 1000. The van der Waals surface area contributed by atoms with Gasteiger partial charge >= 0.3 is 12.1 Å². The minimum atomic E-state index is -0.899. The third-order valence-electron chi connectivity index (χ3n) is 6.72. The van der Waals surface area contributed by atoms with Crippen LogP contribution in [0.15, 0.2) is 48.5 Å². The molecule has 2 atom stereocenters. The summed E-state index contributed by atoms with van der Waals surface area (Å²) < 4.78 is 5.57. The van der Waals surface area contributed by atoms with Gasteiger partial charge in [-0.15, -0.1) is 0 Å². The monoisotopic (exact) mass is 464 g/mol. The summed E-state index contributed by atoms with van der Waals surface area (Å²) in [6, 6.07) is 15.4. The number of hydrogen-bond donors (Lipinski definition) is 3. The summed E-state index contributed by atoms with van der Waals surface area (Å²) in [6.45, 7) is 2.16. The molecule has 2 aromatic carbocycles. The Balaban J connectivity index is 1.33. The van der Waals surface area contributed by atoms with Crippen LogP contribution in [0, 0.1) is 11.8 Å². The molecule has 4 rings (SSSR count). The molecule has 1 saturated carbocycles. The normalized spacial score (nSPS) is 16.1. The van der Waals surface area contributed by atoms with Crippen molar-refractivity contribution >= 4 is 18.0 Å². The summed E-state index contributed by atoms with van der Waals surface area (Å²) >= 11 is 0. The maximum atomic E-state index is 12.7. The van der Waals surface area contributed by atoms with E-state index in [2.05, 4.69) is 34.9 Å². The third-order valence-corrected chi connectivity index (χ3v) is 6.72. The molecule has 2 aromatic rings. The fourth-order valence-corrected chi connectivity index (χ4v) is 4.71. The van der Waals surface area contributed by atoms with Crippen molar-refractivity contribution in [3.63, 3.8) is 0 Å². The zero-order chi connectivity index (χ0) is 24.1. The van der Waals surface area contributed by atoms with Crippen molar-refractivity contribution in [2.45, 2.75) is 51.0 Å². The van der Waals surface area contributed by atoms with E-state index in [1.807, 2.05) is 31.2 Å². The van der Waals surface area contributed by atoms with Gasteiger partial charge in [-0.1, -0.05) is 74.7 Å². The average molecular weight is 465 g/mol. The second-order valence-electron chi connectivity index (χ2n) is 9.27. The SMILES string of the molecule is CCC[C@H](NC(=O)OCC1c2ccccc2-c2ccccc21)C(=O)NCC(CC1CC1)C(=O)O. The van der Waals surface area contributed by atoms with Gasteiger partial charge in [0, 0.05) is 12.5 Å². The number of benzene rings is 2. The van der Waals surface area contributed by atoms with Crippen molar-refractivity contribution < 1.29 is 24.2 Å². The summed E-state index contributed by atoms with van der Waals surface area (Å²) in [5.74, 6) is -1.49. The predicted octanol–water partition coefficient (Wildman–Crippen LogP) is 4.31. The van der Waals surface area contributed by atoms with Gasteiger partial charge in [-0.05, 0) is 41.0 Å². The number of rotatable bonds is 11. The highest BCUT2D eigenvalue weighted by molar-refractivity contribution is 5.86. The first kappa shape index (κ1) is 23.8. The van der Waals surface area contributed by atoms with Gasteiger partial charge < -0.3 is 20.5 Å². The standard InChI is InChI=1S/C27H32N2O5/c1-2-7-24(25(30)28-15-18(26(31)32)14-17-12-13-17)29-27(33)34-16-23-21-10-5-3-8-19(21)20-9-4-6-11-22(20)23/h3-6,8-11,17-18,23-24H,2,7,12-16H2,1H3,(H,28,30)(H,29,33)(H,31,32)/t18?,24-/m0/s1. The van der Waals surface area contributed by atoms with Crippen molar-refractivity contribution in [1.29, 1.82) is 0 Å². The summed E-state index contributed by atoms with van der Waals surface area (Å²) in [7, 11) is 0. The Morgan fingerprint density at radius 3 is 2.21 bits per heavy atom. The van der Waals surface area contributed by atoms with E-state index >= 15 is 0 Å². The largest absolute Gasteiger partial charge is 0.481 e. The molecule has 2 aliphatic carbocycles. The molecule has 0 heterocycles. The number of fused-ring (bicyclic) bond motifs is 3. The number of carbonyl (C=O) groups excluding carboxylic acids is 2. The van der Waals surface area contributed by atoms with Crippen molar-refractivity contribution in [2.75, 3.05) is 13.2 Å². The summed E-state index contributed by atoms with van der Waals surface area (Å²) in [4.78, 5) is 36.8. The number of alkyl carbamates (subject to hydrolysis) is 1. The highest BCUT2D eigenvalue weighted by Gasteiger charge is 2.31. The number of carboxylic acids is 1. The average Bonchev–Trinajstić information content (AvgIpc) is 3.60. The second-order valence-corrected chi connectivity index (χ2v) is 9.27. The van der Waals surface area contributed by atoms with E-state index in [0.717, 1.165) is 35.1 Å². The van der Waals surface area contributed by atoms with Gasteiger partial charge in [-0.25, -0.2) is 4.79 Å². The summed E-state index contributed by atoms with van der Waals surface area (Å²) in [5.41, 5.74) is 4.54. The van der Waals surface area contributed by atoms with Gasteiger partial charge in [0.2, 0.25) is 5.91 Å². The van der Waals surface area contributed by atoms with Gasteiger partial charge in [0.25, 0.3) is 0 Å². The Hall–Kier alpha value is -3.35. The molecule has 0 aromatic heterocycles. The Morgan fingerprint density at radius 2 is 1.65 bits per heavy atom. The fourth-order valence-electron chi connectivity index (χ4n) is 4.71. The van der Waals surface area contributed by atoms with E-state index in [1.165, 1.54) is 0 Å². The van der Waals surface area contributed by atoms with Gasteiger partial charge in [0.05, 0.1) is 5.92 Å². The molecule has 180 valence electrons. The molecule has 1 unspecified atom stereocenters. The molecule has 34 heavy (non-hydrogen) atoms. The van der Waals surface area contributed by atoms with E-state index in [1.54, 1.807) is 0 Å². The quantitative estimate of drug-likeness (QED) is 0.460. The van der Waals surface area contributed by atoms with Crippen molar-refractivity contribution in [1.82, 2.24) is 10.6 Å². The second kappa shape index (κ2) is 10.7. The lowest BCUT2D eigenvalue weighted by atomic mass is 9.98. The third kappa shape index (κ3) is 5.58. The van der Waals surface area contributed by atoms with Crippen LogP contribution < -0.4 is 10.6 Å². The highest BCUT2D eigenvalue weighted by Crippen LogP contribution is 2.44. The molecule has 2 aliphatic rings. The zero-order valence-corrected chi connectivity index (χ0v) is 19.5. The van der Waals surface area contributed by atoms with Gasteiger partial charge in [0.1, 0.15) is 12.6 Å². The van der Waals surface area contributed by atoms with Crippen LogP contribution in [-0.4, -0.2) is 42.3 Å². The number of amides is 2. The molecule has 0 spiro atoms. The molecule has 0 aliphatic heterocycles. The Labute approximate surface area is 199 Å². The van der Waals surface area contributed by atoms with E-state index in [0.29, 0.717) is 25.2 Å². The first-order valence-electron chi connectivity index (χ1n) is 12.1. The van der Waals surface area contributed by atoms with Gasteiger partial charge in [-0.2, -0.15) is 0 Å². The summed E-state index contributed by atoms with van der Waals surface area (Å²) in [5, 5.41) is 14.8. The van der Waals surface area contributed by atoms with Crippen LogP contribution in [0.25, 0.3) is 11.1 Å². The zero-order valence-electron chi connectivity index (χ0n) is 19.5. The molecule has 0 radical (unpaired) electrons. The molecule has 1 fully saturated rings.